The first kappa shape index (κ1) is 20.2. The molecule has 0 saturated carbocycles. The number of aromatic nitrogens is 3. The second kappa shape index (κ2) is 8.46. The lowest BCUT2D eigenvalue weighted by atomic mass is 9.91. The van der Waals surface area contributed by atoms with Crippen LogP contribution in [0.4, 0.5) is 4.39 Å². The number of hydrogen-bond donors (Lipinski definition) is 0. The molecular weight excluding hydrogens is 433 g/mol. The van der Waals surface area contributed by atoms with Crippen molar-refractivity contribution in [3.05, 3.63) is 113 Å². The van der Waals surface area contributed by atoms with E-state index in [-0.39, 0.29) is 11.9 Å². The van der Waals surface area contributed by atoms with E-state index in [9.17, 15) is 4.39 Å². The van der Waals surface area contributed by atoms with Gasteiger partial charge < -0.3 is 4.74 Å². The molecule has 0 amide bonds. The van der Waals surface area contributed by atoms with E-state index >= 15 is 0 Å². The predicted octanol–water partition coefficient (Wildman–Crippen LogP) is 6.03. The summed E-state index contributed by atoms with van der Waals surface area (Å²) in [4.78, 5) is 4.44. The molecule has 4 aromatic rings. The van der Waals surface area contributed by atoms with Crippen LogP contribution in [0, 0.1) is 5.82 Å². The number of halogens is 2. The van der Waals surface area contributed by atoms with Gasteiger partial charge in [-0.15, -0.1) is 0 Å². The van der Waals surface area contributed by atoms with Gasteiger partial charge in [0.15, 0.2) is 5.16 Å². The minimum Gasteiger partial charge on any atom is -0.354 e. The molecule has 156 valence electrons. The summed E-state index contributed by atoms with van der Waals surface area (Å²) < 4.78 is 21.7. The maximum absolute atomic E-state index is 13.6. The lowest BCUT2D eigenvalue weighted by molar-refractivity contribution is 0.256. The van der Waals surface area contributed by atoms with E-state index in [1.54, 1.807) is 30.2 Å². The van der Waals surface area contributed by atoms with Crippen molar-refractivity contribution in [2.45, 2.75) is 29.2 Å². The number of hydrogen-bond acceptors (Lipinski definition) is 4. The molecule has 0 bridgehead atoms. The molecule has 0 aliphatic carbocycles. The number of ether oxygens (including phenoxy) is 1. The van der Waals surface area contributed by atoms with Gasteiger partial charge in [-0.2, -0.15) is 5.10 Å². The van der Waals surface area contributed by atoms with Crippen LogP contribution in [0.2, 0.25) is 5.02 Å². The smallest absolute Gasteiger partial charge is 0.186 e. The standard InChI is InChI=1S/C24H19ClFN3OS/c25-21-9-5-4-8-20(21)22-24(30-22,18-10-12-19(26)13-11-18)15-29-23(27-16-28-29)31-14-17-6-2-1-3-7-17/h1-13,16,22H,14-15H2/t22-,24-/m1/s1. The fourth-order valence-electron chi connectivity index (χ4n) is 3.76. The van der Waals surface area contributed by atoms with Crippen LogP contribution >= 0.6 is 23.4 Å². The van der Waals surface area contributed by atoms with Gasteiger partial charge in [0.25, 0.3) is 0 Å². The molecular formula is C24H19ClFN3OS. The summed E-state index contributed by atoms with van der Waals surface area (Å²) >= 11 is 8.07. The molecule has 1 aliphatic heterocycles. The Morgan fingerprint density at radius 1 is 1.00 bits per heavy atom. The van der Waals surface area contributed by atoms with Gasteiger partial charge in [0, 0.05) is 16.3 Å². The summed E-state index contributed by atoms with van der Waals surface area (Å²) in [5, 5.41) is 5.90. The minimum absolute atomic E-state index is 0.247. The van der Waals surface area contributed by atoms with Crippen molar-refractivity contribution in [3.63, 3.8) is 0 Å². The van der Waals surface area contributed by atoms with E-state index in [0.29, 0.717) is 11.6 Å². The summed E-state index contributed by atoms with van der Waals surface area (Å²) in [6.07, 6.45) is 1.31. The average Bonchev–Trinajstić information content (AvgIpc) is 3.34. The van der Waals surface area contributed by atoms with Crippen LogP contribution in [0.15, 0.2) is 90.3 Å². The Kier molecular flexibility index (Phi) is 5.52. The zero-order valence-electron chi connectivity index (χ0n) is 16.5. The lowest BCUT2D eigenvalue weighted by Crippen LogP contribution is -2.20. The third-order valence-electron chi connectivity index (χ3n) is 5.39. The van der Waals surface area contributed by atoms with Crippen LogP contribution in [-0.4, -0.2) is 14.8 Å². The minimum atomic E-state index is -0.686. The van der Waals surface area contributed by atoms with Gasteiger partial charge in [0.2, 0.25) is 0 Å². The second-order valence-corrected chi connectivity index (χ2v) is 8.74. The Bertz CT molecular complexity index is 1180. The zero-order valence-corrected chi connectivity index (χ0v) is 18.1. The topological polar surface area (TPSA) is 43.2 Å². The van der Waals surface area contributed by atoms with Gasteiger partial charge in [0.1, 0.15) is 23.8 Å². The number of thioether (sulfide) groups is 1. The first-order chi connectivity index (χ1) is 15.2. The SMILES string of the molecule is Fc1ccc([C@@]2(Cn3ncnc3SCc3ccccc3)O[C@@H]2c2ccccc2Cl)cc1. The highest BCUT2D eigenvalue weighted by Gasteiger charge is 2.59. The monoisotopic (exact) mass is 451 g/mol. The Balaban J connectivity index is 1.44. The van der Waals surface area contributed by atoms with E-state index in [4.69, 9.17) is 16.3 Å². The molecule has 0 radical (unpaired) electrons. The molecule has 1 saturated heterocycles. The van der Waals surface area contributed by atoms with Crippen molar-refractivity contribution in [2.24, 2.45) is 0 Å². The molecule has 0 spiro atoms. The van der Waals surface area contributed by atoms with Crippen LogP contribution in [0.25, 0.3) is 0 Å². The molecule has 2 heterocycles. The van der Waals surface area contributed by atoms with E-state index in [0.717, 1.165) is 22.0 Å². The average molecular weight is 452 g/mol. The number of epoxide rings is 1. The quantitative estimate of drug-likeness (QED) is 0.254. The zero-order chi connectivity index (χ0) is 21.3. The van der Waals surface area contributed by atoms with Gasteiger partial charge in [-0.3, -0.25) is 0 Å². The van der Waals surface area contributed by atoms with Gasteiger partial charge in [-0.25, -0.2) is 14.1 Å². The maximum Gasteiger partial charge on any atom is 0.186 e. The van der Waals surface area contributed by atoms with Crippen molar-refractivity contribution in [1.29, 1.82) is 0 Å². The van der Waals surface area contributed by atoms with Crippen molar-refractivity contribution in [2.75, 3.05) is 0 Å². The molecule has 2 atom stereocenters. The van der Waals surface area contributed by atoms with E-state index in [1.807, 2.05) is 47.1 Å². The van der Waals surface area contributed by atoms with Gasteiger partial charge in [-0.05, 0) is 29.3 Å². The molecule has 5 rings (SSSR count). The van der Waals surface area contributed by atoms with Crippen LogP contribution < -0.4 is 0 Å². The normalized spacial score (nSPS) is 20.0. The second-order valence-electron chi connectivity index (χ2n) is 7.39. The maximum atomic E-state index is 13.6. The molecule has 1 fully saturated rings. The van der Waals surface area contributed by atoms with E-state index < -0.39 is 5.60 Å². The van der Waals surface area contributed by atoms with E-state index in [2.05, 4.69) is 22.2 Å². The predicted molar refractivity (Wildman–Crippen MR) is 119 cm³/mol. The lowest BCUT2D eigenvalue weighted by Gasteiger charge is -2.16. The summed E-state index contributed by atoms with van der Waals surface area (Å²) in [5.74, 6) is 0.506. The van der Waals surface area contributed by atoms with E-state index in [1.165, 1.54) is 17.7 Å². The number of rotatable bonds is 7. The molecule has 0 N–H and O–H groups in total. The highest BCUT2D eigenvalue weighted by atomic mass is 35.5. The molecule has 7 heteroatoms. The first-order valence-corrected chi connectivity index (χ1v) is 11.2. The molecule has 1 aliphatic rings. The Morgan fingerprint density at radius 2 is 1.74 bits per heavy atom. The van der Waals surface area contributed by atoms with Crippen LogP contribution in [0.1, 0.15) is 22.8 Å². The van der Waals surface area contributed by atoms with Crippen molar-refractivity contribution >= 4 is 23.4 Å². The van der Waals surface area contributed by atoms with Gasteiger partial charge in [0.05, 0.1) is 6.54 Å². The largest absolute Gasteiger partial charge is 0.354 e. The molecule has 1 aromatic heterocycles. The molecule has 0 unspecified atom stereocenters. The van der Waals surface area contributed by atoms with Gasteiger partial charge >= 0.3 is 0 Å². The fourth-order valence-corrected chi connectivity index (χ4v) is 4.87. The fraction of sp³-hybridized carbons (Fsp3) is 0.167. The Hall–Kier alpha value is -2.67. The van der Waals surface area contributed by atoms with Crippen LogP contribution in [-0.2, 0) is 22.6 Å². The Morgan fingerprint density at radius 3 is 2.52 bits per heavy atom. The van der Waals surface area contributed by atoms with Crippen molar-refractivity contribution in [3.8, 4) is 0 Å². The third-order valence-corrected chi connectivity index (χ3v) is 6.79. The van der Waals surface area contributed by atoms with Crippen molar-refractivity contribution < 1.29 is 9.13 Å². The molecule has 3 aromatic carbocycles. The van der Waals surface area contributed by atoms with Crippen molar-refractivity contribution in [1.82, 2.24) is 14.8 Å². The molecule has 31 heavy (non-hydrogen) atoms. The summed E-state index contributed by atoms with van der Waals surface area (Å²) in [7, 11) is 0. The number of benzene rings is 3. The first-order valence-electron chi connectivity index (χ1n) is 9.88. The Labute approximate surface area is 189 Å². The third kappa shape index (κ3) is 4.11. The summed E-state index contributed by atoms with van der Waals surface area (Å²) in [6, 6.07) is 24.3. The highest BCUT2D eigenvalue weighted by Crippen LogP contribution is 2.59. The summed E-state index contributed by atoms with van der Waals surface area (Å²) in [6.45, 7) is 0.450. The van der Waals surface area contributed by atoms with Crippen LogP contribution in [0.3, 0.4) is 0 Å². The van der Waals surface area contributed by atoms with Gasteiger partial charge in [-0.1, -0.05) is 84.0 Å². The van der Waals surface area contributed by atoms with Crippen LogP contribution in [0.5, 0.6) is 0 Å². The highest BCUT2D eigenvalue weighted by molar-refractivity contribution is 7.98. The summed E-state index contributed by atoms with van der Waals surface area (Å²) in [5.41, 5.74) is 2.32. The molecule has 4 nitrogen and oxygen atoms in total. The number of nitrogens with zero attached hydrogens (tertiary/aromatic N) is 3.